The van der Waals surface area contributed by atoms with E-state index in [0.717, 1.165) is 27.7 Å². The Morgan fingerprint density at radius 2 is 1.81 bits per heavy atom. The van der Waals surface area contributed by atoms with E-state index in [1.54, 1.807) is 18.5 Å². The van der Waals surface area contributed by atoms with Crippen LogP contribution in [-0.2, 0) is 0 Å². The number of hydrogen-bond acceptors (Lipinski definition) is 4. The highest BCUT2D eigenvalue weighted by Crippen LogP contribution is 2.27. The zero-order valence-corrected chi connectivity index (χ0v) is 15.2. The maximum absolute atomic E-state index is 12.4. The minimum Gasteiger partial charge on any atom is -0.354 e. The maximum Gasteiger partial charge on any atom is 0.273 e. The van der Waals surface area contributed by atoms with Crippen molar-refractivity contribution in [1.29, 1.82) is 0 Å². The molecule has 0 bridgehead atoms. The molecular formula is C21H21N5O. The molecule has 0 aliphatic carbocycles. The zero-order chi connectivity index (χ0) is 19.0. The first-order chi connectivity index (χ1) is 13.0. The van der Waals surface area contributed by atoms with E-state index >= 15 is 0 Å². The van der Waals surface area contributed by atoms with Gasteiger partial charge in [-0.05, 0) is 41.8 Å². The molecule has 0 saturated carbocycles. The summed E-state index contributed by atoms with van der Waals surface area (Å²) in [4.78, 5) is 19.7. The monoisotopic (exact) mass is 359 g/mol. The van der Waals surface area contributed by atoms with Crippen LogP contribution in [0.25, 0.3) is 33.4 Å². The molecule has 0 radical (unpaired) electrons. The summed E-state index contributed by atoms with van der Waals surface area (Å²) in [5, 5.41) is 7.77. The van der Waals surface area contributed by atoms with Gasteiger partial charge in [0.2, 0.25) is 0 Å². The summed E-state index contributed by atoms with van der Waals surface area (Å²) < 4.78 is 0. The Hall–Kier alpha value is -3.25. The van der Waals surface area contributed by atoms with Crippen molar-refractivity contribution >= 4 is 10.9 Å². The van der Waals surface area contributed by atoms with Crippen LogP contribution in [0.2, 0.25) is 0 Å². The number of aromatic nitrogens is 4. The van der Waals surface area contributed by atoms with E-state index in [2.05, 4.69) is 40.1 Å². The molecule has 6 nitrogen and oxygen atoms in total. The lowest BCUT2D eigenvalue weighted by Crippen LogP contribution is -2.16. The van der Waals surface area contributed by atoms with Crippen LogP contribution in [-0.4, -0.2) is 20.2 Å². The summed E-state index contributed by atoms with van der Waals surface area (Å²) in [5.74, 6) is 0.350. The Kier molecular flexibility index (Phi) is 4.33. The van der Waals surface area contributed by atoms with Crippen LogP contribution in [0.15, 0.2) is 59.7 Å². The van der Waals surface area contributed by atoms with E-state index in [0.29, 0.717) is 17.2 Å². The lowest BCUT2D eigenvalue weighted by molar-refractivity contribution is 0.514. The molecule has 136 valence electrons. The highest BCUT2D eigenvalue weighted by molar-refractivity contribution is 5.86. The average molecular weight is 359 g/mol. The van der Waals surface area contributed by atoms with E-state index in [4.69, 9.17) is 5.73 Å². The van der Waals surface area contributed by atoms with Gasteiger partial charge in [-0.3, -0.25) is 9.78 Å². The molecule has 3 heterocycles. The number of benzene rings is 1. The zero-order valence-electron chi connectivity index (χ0n) is 15.2. The average Bonchev–Trinajstić information content (AvgIpc) is 3.11. The molecule has 1 atom stereocenters. The van der Waals surface area contributed by atoms with Gasteiger partial charge in [0.25, 0.3) is 5.56 Å². The van der Waals surface area contributed by atoms with Crippen molar-refractivity contribution in [2.75, 3.05) is 0 Å². The fourth-order valence-corrected chi connectivity index (χ4v) is 3.16. The molecule has 0 aliphatic rings. The summed E-state index contributed by atoms with van der Waals surface area (Å²) in [6.45, 7) is 4.21. The van der Waals surface area contributed by atoms with Gasteiger partial charge < -0.3 is 10.7 Å². The number of rotatable bonds is 4. The second-order valence-corrected chi connectivity index (χ2v) is 7.03. The van der Waals surface area contributed by atoms with Gasteiger partial charge in [0.15, 0.2) is 0 Å². The van der Waals surface area contributed by atoms with Crippen LogP contribution in [0.4, 0.5) is 0 Å². The molecule has 0 aliphatic heterocycles. The molecule has 3 aromatic heterocycles. The number of H-pyrrole nitrogens is 2. The number of pyridine rings is 1. The standard InChI is InChI=1S/C21H21N5O/c1-12(2)20(22)15-4-3-14-9-19(24-17(14)10-15)16-11-18(25-26-21(16)27)13-5-7-23-8-6-13/h3-12,20,24H,22H2,1-2H3,(H,26,27). The summed E-state index contributed by atoms with van der Waals surface area (Å²) in [6.07, 6.45) is 3.40. The number of nitrogens with two attached hydrogens (primary N) is 1. The fraction of sp³-hybridized carbons (Fsp3) is 0.190. The van der Waals surface area contributed by atoms with Crippen molar-refractivity contribution in [3.05, 3.63) is 70.8 Å². The van der Waals surface area contributed by atoms with Gasteiger partial charge in [-0.25, -0.2) is 5.10 Å². The first-order valence-corrected chi connectivity index (χ1v) is 8.91. The SMILES string of the molecule is CC(C)C(N)c1ccc2cc(-c3cc(-c4ccncc4)n[nH]c3=O)[nH]c2c1. The lowest BCUT2D eigenvalue weighted by atomic mass is 9.96. The Morgan fingerprint density at radius 1 is 1.04 bits per heavy atom. The van der Waals surface area contributed by atoms with Crippen molar-refractivity contribution in [2.45, 2.75) is 19.9 Å². The quantitative estimate of drug-likeness (QED) is 0.518. The van der Waals surface area contributed by atoms with Crippen LogP contribution in [0, 0.1) is 5.92 Å². The Morgan fingerprint density at radius 3 is 2.56 bits per heavy atom. The van der Waals surface area contributed by atoms with Crippen molar-refractivity contribution in [3.8, 4) is 22.5 Å². The van der Waals surface area contributed by atoms with Gasteiger partial charge in [0.05, 0.1) is 17.0 Å². The highest BCUT2D eigenvalue weighted by atomic mass is 16.1. The minimum absolute atomic E-state index is 0.0243. The normalized spacial score (nSPS) is 12.6. The third-order valence-corrected chi connectivity index (χ3v) is 4.82. The van der Waals surface area contributed by atoms with Crippen LogP contribution in [0.1, 0.15) is 25.5 Å². The second kappa shape index (κ2) is 6.81. The first-order valence-electron chi connectivity index (χ1n) is 8.91. The summed E-state index contributed by atoms with van der Waals surface area (Å²) in [7, 11) is 0. The third-order valence-electron chi connectivity index (χ3n) is 4.82. The molecule has 4 rings (SSSR count). The number of nitrogens with one attached hydrogen (secondary N) is 2. The predicted octanol–water partition coefficient (Wildman–Crippen LogP) is 3.64. The van der Waals surface area contributed by atoms with Gasteiger partial charge >= 0.3 is 0 Å². The Labute approximate surface area is 156 Å². The lowest BCUT2D eigenvalue weighted by Gasteiger charge is -2.15. The van der Waals surface area contributed by atoms with E-state index in [1.165, 1.54) is 0 Å². The summed E-state index contributed by atoms with van der Waals surface area (Å²) in [6, 6.07) is 13.6. The molecular weight excluding hydrogens is 338 g/mol. The van der Waals surface area contributed by atoms with Crippen molar-refractivity contribution < 1.29 is 0 Å². The molecule has 0 amide bonds. The van der Waals surface area contributed by atoms with Crippen LogP contribution in [0.3, 0.4) is 0 Å². The highest BCUT2D eigenvalue weighted by Gasteiger charge is 2.14. The molecule has 0 spiro atoms. The summed E-state index contributed by atoms with van der Waals surface area (Å²) >= 11 is 0. The van der Waals surface area contributed by atoms with Crippen LogP contribution in [0.5, 0.6) is 0 Å². The van der Waals surface area contributed by atoms with Gasteiger partial charge in [-0.2, -0.15) is 5.10 Å². The molecule has 1 unspecified atom stereocenters. The van der Waals surface area contributed by atoms with Gasteiger partial charge in [0, 0.05) is 34.9 Å². The van der Waals surface area contributed by atoms with Gasteiger partial charge in [-0.15, -0.1) is 0 Å². The van der Waals surface area contributed by atoms with E-state index in [9.17, 15) is 4.79 Å². The first kappa shape index (κ1) is 17.2. The largest absolute Gasteiger partial charge is 0.354 e. The van der Waals surface area contributed by atoms with Crippen LogP contribution < -0.4 is 11.3 Å². The number of hydrogen-bond donors (Lipinski definition) is 3. The molecule has 27 heavy (non-hydrogen) atoms. The Balaban J connectivity index is 1.79. The van der Waals surface area contributed by atoms with E-state index < -0.39 is 0 Å². The molecule has 0 fully saturated rings. The molecule has 1 aromatic carbocycles. The molecule has 4 aromatic rings. The topological polar surface area (TPSA) is 100 Å². The molecule has 0 saturated heterocycles. The smallest absolute Gasteiger partial charge is 0.273 e. The van der Waals surface area contributed by atoms with Crippen molar-refractivity contribution in [2.24, 2.45) is 11.7 Å². The molecule has 4 N–H and O–H groups in total. The number of fused-ring (bicyclic) bond motifs is 1. The van der Waals surface area contributed by atoms with Crippen LogP contribution >= 0.6 is 0 Å². The maximum atomic E-state index is 12.4. The second-order valence-electron chi connectivity index (χ2n) is 7.03. The van der Waals surface area contributed by atoms with E-state index in [1.807, 2.05) is 30.3 Å². The van der Waals surface area contributed by atoms with Gasteiger partial charge in [0.1, 0.15) is 0 Å². The Bertz CT molecular complexity index is 1140. The van der Waals surface area contributed by atoms with Gasteiger partial charge in [-0.1, -0.05) is 26.0 Å². The van der Waals surface area contributed by atoms with E-state index in [-0.39, 0.29) is 11.6 Å². The number of nitrogens with zero attached hydrogens (tertiary/aromatic N) is 2. The van der Waals surface area contributed by atoms with Crippen molar-refractivity contribution in [3.63, 3.8) is 0 Å². The predicted molar refractivity (Wildman–Crippen MR) is 107 cm³/mol. The third kappa shape index (κ3) is 3.27. The minimum atomic E-state index is -0.238. The fourth-order valence-electron chi connectivity index (χ4n) is 3.16. The number of aromatic amines is 2. The summed E-state index contributed by atoms with van der Waals surface area (Å²) in [5.41, 5.74) is 10.9. The van der Waals surface area contributed by atoms with Crippen molar-refractivity contribution in [1.82, 2.24) is 20.2 Å². The molecule has 6 heteroatoms.